The van der Waals surface area contributed by atoms with Crippen molar-refractivity contribution < 1.29 is 9.18 Å². The first-order chi connectivity index (χ1) is 10.1. The van der Waals surface area contributed by atoms with Crippen molar-refractivity contribution in [2.24, 2.45) is 0 Å². The Morgan fingerprint density at radius 2 is 2.19 bits per heavy atom. The number of carbonyl (C=O) groups is 1. The number of nitrogens with one attached hydrogen (secondary N) is 1. The lowest BCUT2D eigenvalue weighted by Gasteiger charge is -2.33. The molecule has 0 bridgehead atoms. The molecule has 1 aromatic carbocycles. The van der Waals surface area contributed by atoms with E-state index in [0.29, 0.717) is 12.2 Å². The number of benzene rings is 1. The molecule has 0 spiro atoms. The maximum atomic E-state index is 12.9. The smallest absolute Gasteiger partial charge is 0.273 e. The van der Waals surface area contributed by atoms with Crippen molar-refractivity contribution in [3.63, 3.8) is 0 Å². The lowest BCUT2D eigenvalue weighted by atomic mass is 10.2. The van der Waals surface area contributed by atoms with Gasteiger partial charge < -0.3 is 10.2 Å². The second-order valence-electron chi connectivity index (χ2n) is 5.10. The number of halogens is 1. The monoisotopic (exact) mass is 305 g/mol. The number of aromatic nitrogens is 1. The van der Waals surface area contributed by atoms with Crippen molar-refractivity contribution in [3.05, 3.63) is 41.2 Å². The number of carbonyl (C=O) groups excluding carboxylic acids is 1. The number of thiazole rings is 1. The van der Waals surface area contributed by atoms with E-state index in [1.165, 1.54) is 23.5 Å². The molecule has 110 valence electrons. The predicted octanol–water partition coefficient (Wildman–Crippen LogP) is 2.38. The fourth-order valence-electron chi connectivity index (χ4n) is 2.39. The normalized spacial score (nSPS) is 18.8. The Hall–Kier alpha value is -1.79. The number of hydrogen-bond donors (Lipinski definition) is 1. The van der Waals surface area contributed by atoms with E-state index in [4.69, 9.17) is 0 Å². The highest BCUT2D eigenvalue weighted by Gasteiger charge is 2.25. The Bertz CT molecular complexity index is 641. The van der Waals surface area contributed by atoms with E-state index < -0.39 is 0 Å². The van der Waals surface area contributed by atoms with Gasteiger partial charge in [0.2, 0.25) is 0 Å². The van der Waals surface area contributed by atoms with E-state index in [1.807, 2.05) is 11.8 Å². The Labute approximate surface area is 126 Å². The van der Waals surface area contributed by atoms with Gasteiger partial charge >= 0.3 is 0 Å². The van der Waals surface area contributed by atoms with Gasteiger partial charge in [-0.3, -0.25) is 4.79 Å². The van der Waals surface area contributed by atoms with Gasteiger partial charge in [0.25, 0.3) is 5.91 Å². The molecule has 0 saturated carbocycles. The number of hydrogen-bond acceptors (Lipinski definition) is 4. The predicted molar refractivity (Wildman–Crippen MR) is 80.9 cm³/mol. The molecule has 1 atom stereocenters. The molecule has 1 aromatic heterocycles. The minimum atomic E-state index is -0.277. The molecular weight excluding hydrogens is 289 g/mol. The number of rotatable bonds is 2. The van der Waals surface area contributed by atoms with E-state index in [-0.39, 0.29) is 17.8 Å². The van der Waals surface area contributed by atoms with Crippen LogP contribution in [0.5, 0.6) is 0 Å². The largest absolute Gasteiger partial charge is 0.332 e. The van der Waals surface area contributed by atoms with Crippen molar-refractivity contribution in [3.8, 4) is 10.6 Å². The molecule has 1 saturated heterocycles. The standard InChI is InChI=1S/C15H16FN3OS/c1-10-8-17-6-7-19(10)15(20)13-9-21-14(18-13)11-2-4-12(16)5-3-11/h2-5,9-10,17H,6-8H2,1H3/t10-/m1/s1. The lowest BCUT2D eigenvalue weighted by Crippen LogP contribution is -2.52. The summed E-state index contributed by atoms with van der Waals surface area (Å²) < 4.78 is 12.9. The molecule has 6 heteroatoms. The first-order valence-electron chi connectivity index (χ1n) is 6.88. The third-order valence-electron chi connectivity index (χ3n) is 3.58. The van der Waals surface area contributed by atoms with E-state index >= 15 is 0 Å². The van der Waals surface area contributed by atoms with Crippen LogP contribution in [0.2, 0.25) is 0 Å². The Morgan fingerprint density at radius 3 is 2.90 bits per heavy atom. The third kappa shape index (κ3) is 2.96. The molecular formula is C15H16FN3OS. The molecule has 0 unspecified atom stereocenters. The molecule has 3 rings (SSSR count). The lowest BCUT2D eigenvalue weighted by molar-refractivity contribution is 0.0650. The average molecular weight is 305 g/mol. The van der Waals surface area contributed by atoms with Crippen molar-refractivity contribution in [1.82, 2.24) is 15.2 Å². The summed E-state index contributed by atoms with van der Waals surface area (Å²) in [7, 11) is 0. The molecule has 21 heavy (non-hydrogen) atoms. The number of amides is 1. The minimum absolute atomic E-state index is 0.0337. The van der Waals surface area contributed by atoms with Gasteiger partial charge in [-0.2, -0.15) is 0 Å². The topological polar surface area (TPSA) is 45.2 Å². The maximum Gasteiger partial charge on any atom is 0.273 e. The summed E-state index contributed by atoms with van der Waals surface area (Å²) in [6, 6.07) is 6.32. The van der Waals surface area contributed by atoms with Crippen LogP contribution < -0.4 is 5.32 Å². The van der Waals surface area contributed by atoms with Crippen molar-refractivity contribution in [2.45, 2.75) is 13.0 Å². The van der Waals surface area contributed by atoms with Crippen LogP contribution in [0.15, 0.2) is 29.6 Å². The Kier molecular flexibility index (Phi) is 3.98. The summed E-state index contributed by atoms with van der Waals surface area (Å²) in [5.74, 6) is -0.310. The fraction of sp³-hybridized carbons (Fsp3) is 0.333. The molecule has 1 aliphatic rings. The molecule has 1 N–H and O–H groups in total. The molecule has 2 heterocycles. The van der Waals surface area contributed by atoms with Crippen molar-refractivity contribution >= 4 is 17.2 Å². The number of piperazine rings is 1. The molecule has 1 amide bonds. The van der Waals surface area contributed by atoms with Crippen LogP contribution in [-0.4, -0.2) is 41.5 Å². The van der Waals surface area contributed by atoms with Gasteiger partial charge in [0.1, 0.15) is 16.5 Å². The molecule has 0 radical (unpaired) electrons. The zero-order chi connectivity index (χ0) is 14.8. The van der Waals surface area contributed by atoms with Gasteiger partial charge in [0.15, 0.2) is 0 Å². The van der Waals surface area contributed by atoms with Gasteiger partial charge in [-0.05, 0) is 31.2 Å². The van der Waals surface area contributed by atoms with E-state index in [9.17, 15) is 9.18 Å². The molecule has 2 aromatic rings. The first-order valence-corrected chi connectivity index (χ1v) is 7.76. The minimum Gasteiger partial charge on any atom is -0.332 e. The van der Waals surface area contributed by atoms with Crippen LogP contribution in [0, 0.1) is 5.82 Å². The molecule has 1 fully saturated rings. The van der Waals surface area contributed by atoms with Gasteiger partial charge in [0, 0.05) is 36.6 Å². The van der Waals surface area contributed by atoms with Crippen LogP contribution in [0.25, 0.3) is 10.6 Å². The summed E-state index contributed by atoms with van der Waals surface area (Å²) in [5, 5.41) is 5.77. The maximum absolute atomic E-state index is 12.9. The zero-order valence-corrected chi connectivity index (χ0v) is 12.5. The quantitative estimate of drug-likeness (QED) is 0.926. The Morgan fingerprint density at radius 1 is 1.43 bits per heavy atom. The highest BCUT2D eigenvalue weighted by Crippen LogP contribution is 2.24. The summed E-state index contributed by atoms with van der Waals surface area (Å²) in [4.78, 5) is 18.7. The van der Waals surface area contributed by atoms with Gasteiger partial charge in [-0.1, -0.05) is 0 Å². The van der Waals surface area contributed by atoms with E-state index in [0.717, 1.165) is 23.7 Å². The van der Waals surface area contributed by atoms with Crippen molar-refractivity contribution in [2.75, 3.05) is 19.6 Å². The highest BCUT2D eigenvalue weighted by molar-refractivity contribution is 7.13. The molecule has 0 aliphatic carbocycles. The van der Waals surface area contributed by atoms with Crippen LogP contribution in [0.1, 0.15) is 17.4 Å². The summed E-state index contributed by atoms with van der Waals surface area (Å²) >= 11 is 1.41. The van der Waals surface area contributed by atoms with E-state index in [2.05, 4.69) is 10.3 Å². The van der Waals surface area contributed by atoms with Crippen LogP contribution >= 0.6 is 11.3 Å². The molecule has 4 nitrogen and oxygen atoms in total. The second-order valence-corrected chi connectivity index (χ2v) is 5.95. The van der Waals surface area contributed by atoms with Crippen molar-refractivity contribution in [1.29, 1.82) is 0 Å². The van der Waals surface area contributed by atoms with Crippen LogP contribution in [0.3, 0.4) is 0 Å². The van der Waals surface area contributed by atoms with Gasteiger partial charge in [0.05, 0.1) is 0 Å². The zero-order valence-electron chi connectivity index (χ0n) is 11.7. The van der Waals surface area contributed by atoms with Crippen LogP contribution in [-0.2, 0) is 0 Å². The summed E-state index contributed by atoms with van der Waals surface area (Å²) in [6.07, 6.45) is 0. The number of nitrogens with zero attached hydrogens (tertiary/aromatic N) is 2. The van der Waals surface area contributed by atoms with Gasteiger partial charge in [-0.25, -0.2) is 9.37 Å². The summed E-state index contributed by atoms with van der Waals surface area (Å²) in [5.41, 5.74) is 1.29. The van der Waals surface area contributed by atoms with Crippen LogP contribution in [0.4, 0.5) is 4.39 Å². The second kappa shape index (κ2) is 5.91. The molecule has 1 aliphatic heterocycles. The average Bonchev–Trinajstić information content (AvgIpc) is 2.98. The van der Waals surface area contributed by atoms with Gasteiger partial charge in [-0.15, -0.1) is 11.3 Å². The third-order valence-corrected chi connectivity index (χ3v) is 4.47. The van der Waals surface area contributed by atoms with E-state index in [1.54, 1.807) is 17.5 Å². The first kappa shape index (κ1) is 14.2. The Balaban J connectivity index is 1.81. The highest BCUT2D eigenvalue weighted by atomic mass is 32.1. The summed E-state index contributed by atoms with van der Waals surface area (Å²) in [6.45, 7) is 4.34. The fourth-order valence-corrected chi connectivity index (χ4v) is 3.19. The SMILES string of the molecule is C[C@@H]1CNCCN1C(=O)c1csc(-c2ccc(F)cc2)n1.